The molecule has 48 heavy (non-hydrogen) atoms. The number of hydrogen-bond donors (Lipinski definition) is 4. The second kappa shape index (κ2) is 13.9. The van der Waals surface area contributed by atoms with Gasteiger partial charge in [-0.05, 0) is 69.1 Å². The van der Waals surface area contributed by atoms with E-state index in [0.717, 1.165) is 48.2 Å². The molecule has 2 aliphatic heterocycles. The molecule has 0 radical (unpaired) electrons. The number of methoxy groups -OCH3 is 1. The molecule has 4 N–H and O–H groups in total. The number of furan rings is 1. The number of nitrogens with one attached hydrogen (secondary N) is 3. The number of hydrogen-bond acceptors (Lipinski definition) is 10. The van der Waals surface area contributed by atoms with Crippen molar-refractivity contribution in [2.24, 2.45) is 0 Å². The first-order valence-electron chi connectivity index (χ1n) is 16.4. The Hall–Kier alpha value is -5.20. The first-order valence-corrected chi connectivity index (χ1v) is 16.4. The maximum absolute atomic E-state index is 12.6. The molecule has 0 spiro atoms. The van der Waals surface area contributed by atoms with E-state index < -0.39 is 0 Å². The number of anilines is 4. The first kappa shape index (κ1) is 31.4. The van der Waals surface area contributed by atoms with Crippen LogP contribution < -0.4 is 20.3 Å². The number of imidazole rings is 1. The minimum Gasteiger partial charge on any atom is -0.494 e. The number of aliphatic hydroxyl groups excluding tert-OH is 1. The lowest BCUT2D eigenvalue weighted by Crippen LogP contribution is -2.44. The van der Waals surface area contributed by atoms with Crippen molar-refractivity contribution in [3.63, 3.8) is 0 Å². The molecule has 248 valence electrons. The lowest BCUT2D eigenvalue weighted by molar-refractivity contribution is -0.111. The Morgan fingerprint density at radius 1 is 1.10 bits per heavy atom. The molecule has 0 atom stereocenters. The van der Waals surface area contributed by atoms with Gasteiger partial charge in [0, 0.05) is 48.8 Å². The molecule has 7 rings (SSSR count). The van der Waals surface area contributed by atoms with E-state index in [0.29, 0.717) is 58.4 Å². The van der Waals surface area contributed by atoms with Gasteiger partial charge >= 0.3 is 0 Å². The second-order valence-electron chi connectivity index (χ2n) is 12.2. The van der Waals surface area contributed by atoms with Gasteiger partial charge in [0.25, 0.3) is 0 Å². The van der Waals surface area contributed by atoms with Crippen molar-refractivity contribution in [2.45, 2.75) is 38.1 Å². The molecule has 5 heterocycles. The average Bonchev–Trinajstić information content (AvgIpc) is 3.90. The molecule has 2 aliphatic rings. The number of nitrogens with zero attached hydrogens (tertiary/aromatic N) is 5. The van der Waals surface area contributed by atoms with Crippen LogP contribution in [0.15, 0.2) is 72.0 Å². The van der Waals surface area contributed by atoms with Crippen LogP contribution in [0.25, 0.3) is 33.6 Å². The normalized spacial score (nSPS) is 15.6. The van der Waals surface area contributed by atoms with E-state index in [1.54, 1.807) is 25.6 Å². The number of H-pyrrole nitrogens is 1. The smallest absolute Gasteiger partial charge is 0.247 e. The number of rotatable bonds is 11. The average molecular weight is 649 g/mol. The molecule has 12 heteroatoms. The predicted molar refractivity (Wildman–Crippen MR) is 187 cm³/mol. The third kappa shape index (κ3) is 6.49. The molecule has 0 unspecified atom stereocenters. The van der Waals surface area contributed by atoms with Gasteiger partial charge in [0.15, 0.2) is 0 Å². The summed E-state index contributed by atoms with van der Waals surface area (Å²) < 4.78 is 11.5. The fraction of sp³-hybridized carbons (Fsp3) is 0.333. The van der Waals surface area contributed by atoms with Crippen LogP contribution in [0.5, 0.6) is 5.75 Å². The molecule has 1 amide bonds. The Kier molecular flexibility index (Phi) is 9.08. The molecule has 3 aromatic heterocycles. The Bertz CT molecular complexity index is 1920. The molecular formula is C36H40N8O4. The van der Waals surface area contributed by atoms with Gasteiger partial charge < -0.3 is 39.7 Å². The lowest BCUT2D eigenvalue weighted by Gasteiger charge is -2.38. The molecule has 0 aliphatic carbocycles. The Balaban J connectivity index is 1.19. The summed E-state index contributed by atoms with van der Waals surface area (Å²) in [5.41, 5.74) is 5.73. The summed E-state index contributed by atoms with van der Waals surface area (Å²) in [6, 6.07) is 14.1. The van der Waals surface area contributed by atoms with Crippen LogP contribution in [-0.2, 0) is 11.2 Å². The van der Waals surface area contributed by atoms with Gasteiger partial charge in [-0.15, -0.1) is 0 Å². The number of amides is 1. The van der Waals surface area contributed by atoms with Gasteiger partial charge in [0.1, 0.15) is 17.2 Å². The van der Waals surface area contributed by atoms with Gasteiger partial charge in [0.2, 0.25) is 11.9 Å². The molecular weight excluding hydrogens is 608 g/mol. The van der Waals surface area contributed by atoms with E-state index in [2.05, 4.69) is 37.0 Å². The fourth-order valence-corrected chi connectivity index (χ4v) is 6.78. The van der Waals surface area contributed by atoms with Crippen molar-refractivity contribution in [3.05, 3.63) is 73.4 Å². The number of carbonyl (C=O) groups is 1. The molecule has 2 fully saturated rings. The lowest BCUT2D eigenvalue weighted by atomic mass is 10.0. The molecule has 0 bridgehead atoms. The molecule has 2 saturated heterocycles. The third-order valence-corrected chi connectivity index (χ3v) is 9.21. The van der Waals surface area contributed by atoms with Crippen LogP contribution in [0.4, 0.5) is 23.0 Å². The molecule has 12 nitrogen and oxygen atoms in total. The van der Waals surface area contributed by atoms with Gasteiger partial charge in [-0.1, -0.05) is 18.7 Å². The minimum atomic E-state index is -0.296. The molecule has 0 saturated carbocycles. The summed E-state index contributed by atoms with van der Waals surface area (Å²) in [5.74, 6) is 1.27. The zero-order valence-electron chi connectivity index (χ0n) is 27.0. The van der Waals surface area contributed by atoms with Gasteiger partial charge in [-0.3, -0.25) is 4.79 Å². The monoisotopic (exact) mass is 648 g/mol. The number of aromatic amines is 1. The summed E-state index contributed by atoms with van der Waals surface area (Å²) >= 11 is 0. The highest BCUT2D eigenvalue weighted by Crippen LogP contribution is 2.40. The SMILES string of the molecule is C=CC(=O)Nc1cc(Nc2nccc(-c3[nH]c(CCO)nc3-c3ccc4ccoc4c3)n2)c(OC)cc1N1CCC(N2CCCC2)CC1. The molecule has 5 aromatic rings. The predicted octanol–water partition coefficient (Wildman–Crippen LogP) is 5.76. The fourth-order valence-electron chi connectivity index (χ4n) is 6.78. The van der Waals surface area contributed by atoms with Crippen LogP contribution in [0.1, 0.15) is 31.5 Å². The van der Waals surface area contributed by atoms with E-state index in [9.17, 15) is 9.90 Å². The van der Waals surface area contributed by atoms with Crippen molar-refractivity contribution >= 4 is 39.9 Å². The maximum Gasteiger partial charge on any atom is 0.247 e. The summed E-state index contributed by atoms with van der Waals surface area (Å²) in [6.07, 6.45) is 9.67. The van der Waals surface area contributed by atoms with E-state index in [4.69, 9.17) is 19.1 Å². The minimum absolute atomic E-state index is 0.0445. The largest absolute Gasteiger partial charge is 0.494 e. The number of aromatic nitrogens is 4. The Morgan fingerprint density at radius 3 is 2.71 bits per heavy atom. The summed E-state index contributed by atoms with van der Waals surface area (Å²) in [6.45, 7) is 7.76. The van der Waals surface area contributed by atoms with E-state index in [1.807, 2.05) is 36.4 Å². The Labute approximate surface area is 278 Å². The standard InChI is InChI=1S/C36H40N8O4/c1-3-33(46)38-27-21-28(31(47-2)22-29(27)44-16-9-25(10-17-44)43-14-4-5-15-43)40-36-37-13-8-26(39-36)35-34(41-32(42-35)11-18-45)24-7-6-23-12-19-48-30(23)20-24/h3,6-8,12-13,19-22,25,45H,1,4-5,9-11,14-18H2,2H3,(H,38,46)(H,41,42)(H,37,39,40). The quantitative estimate of drug-likeness (QED) is 0.131. The summed E-state index contributed by atoms with van der Waals surface area (Å²) in [4.78, 5) is 35.0. The zero-order chi connectivity index (χ0) is 33.0. The van der Waals surface area contributed by atoms with Crippen LogP contribution in [0.3, 0.4) is 0 Å². The van der Waals surface area contributed by atoms with Crippen molar-refractivity contribution in [1.82, 2.24) is 24.8 Å². The van der Waals surface area contributed by atoms with E-state index >= 15 is 0 Å². The number of piperidine rings is 1. The van der Waals surface area contributed by atoms with Crippen molar-refractivity contribution in [2.75, 3.05) is 55.4 Å². The third-order valence-electron chi connectivity index (χ3n) is 9.21. The second-order valence-corrected chi connectivity index (χ2v) is 12.2. The van der Waals surface area contributed by atoms with Gasteiger partial charge in [-0.25, -0.2) is 15.0 Å². The number of likely N-dealkylation sites (tertiary alicyclic amines) is 1. The first-order chi connectivity index (χ1) is 23.5. The van der Waals surface area contributed by atoms with E-state index in [-0.39, 0.29) is 12.5 Å². The maximum atomic E-state index is 12.6. The number of aliphatic hydroxyl groups is 1. The number of carbonyl (C=O) groups excluding carboxylic acids is 1. The van der Waals surface area contributed by atoms with Crippen LogP contribution in [0, 0.1) is 0 Å². The highest BCUT2D eigenvalue weighted by molar-refractivity contribution is 6.02. The van der Waals surface area contributed by atoms with Gasteiger partial charge in [0.05, 0.1) is 54.1 Å². The van der Waals surface area contributed by atoms with Crippen molar-refractivity contribution in [3.8, 4) is 28.4 Å². The topological polar surface area (TPSA) is 145 Å². The van der Waals surface area contributed by atoms with Crippen LogP contribution >= 0.6 is 0 Å². The zero-order valence-corrected chi connectivity index (χ0v) is 27.0. The number of benzene rings is 2. The van der Waals surface area contributed by atoms with Crippen LogP contribution in [-0.4, -0.2) is 81.8 Å². The highest BCUT2D eigenvalue weighted by Gasteiger charge is 2.28. The Morgan fingerprint density at radius 2 is 1.94 bits per heavy atom. The summed E-state index contributed by atoms with van der Waals surface area (Å²) in [7, 11) is 1.62. The number of fused-ring (bicyclic) bond motifs is 1. The highest BCUT2D eigenvalue weighted by atomic mass is 16.5. The van der Waals surface area contributed by atoms with Crippen molar-refractivity contribution in [1.29, 1.82) is 0 Å². The number of ether oxygens (including phenoxy) is 1. The van der Waals surface area contributed by atoms with Crippen LogP contribution in [0.2, 0.25) is 0 Å². The van der Waals surface area contributed by atoms with E-state index in [1.165, 1.54) is 32.0 Å². The van der Waals surface area contributed by atoms with Crippen molar-refractivity contribution < 1.29 is 19.1 Å². The summed E-state index contributed by atoms with van der Waals surface area (Å²) in [5, 5.41) is 16.9. The molecule has 2 aromatic carbocycles. The van der Waals surface area contributed by atoms with Gasteiger partial charge in [-0.2, -0.15) is 0 Å².